The van der Waals surface area contributed by atoms with E-state index < -0.39 is 10.1 Å². The monoisotopic (exact) mass is 1000 g/mol. The average Bonchev–Trinajstić information content (AvgIpc) is 3.31. The van der Waals surface area contributed by atoms with Crippen molar-refractivity contribution in [2.75, 3.05) is 270 Å². The Balaban J connectivity index is 3.08. The summed E-state index contributed by atoms with van der Waals surface area (Å²) in [7, 11) is -3.43. The maximum Gasteiger partial charge on any atom is 0.264 e. The molecule has 0 aliphatic rings. The van der Waals surface area contributed by atoms with Crippen LogP contribution in [0.4, 0.5) is 0 Å². The molecule has 0 aromatic rings. The first kappa shape index (κ1) is 65.5. The summed E-state index contributed by atoms with van der Waals surface area (Å²) >= 11 is 0. The standard InChI is InChI=1S/C41H83N3O22S/c1-67(45,46)66-41-40-65-39-38-64-37-36-63-35-34-62-33-32-61-31-30-60-29-28-59-27-26-58-25-24-57-23-22-56-21-20-55-19-18-54-17-16-53-15-14-52-13-12-51-11-10-50-9-8-49-7-6-48-5-4-47-3-2-43-44-42/h2-41H2,1H3. The van der Waals surface area contributed by atoms with Crippen LogP contribution in [0.5, 0.6) is 0 Å². The predicted octanol–water partition coefficient (Wildman–Crippen LogP) is 0.588. The van der Waals surface area contributed by atoms with E-state index >= 15 is 0 Å². The van der Waals surface area contributed by atoms with E-state index in [4.69, 9.17) is 95.5 Å². The lowest BCUT2D eigenvalue weighted by molar-refractivity contribution is -0.0312. The van der Waals surface area contributed by atoms with E-state index in [0.717, 1.165) is 6.26 Å². The third kappa shape index (κ3) is 64.5. The number of nitrogens with zero attached hydrogens (tertiary/aromatic N) is 3. The molecule has 0 spiro atoms. The van der Waals surface area contributed by atoms with E-state index in [9.17, 15) is 8.42 Å². The Hall–Kier alpha value is -1.54. The Kier molecular flexibility index (Phi) is 57.4. The first-order chi connectivity index (χ1) is 33.1. The van der Waals surface area contributed by atoms with Gasteiger partial charge in [0.2, 0.25) is 0 Å². The van der Waals surface area contributed by atoms with Crippen molar-refractivity contribution >= 4 is 10.1 Å². The number of rotatable bonds is 61. The van der Waals surface area contributed by atoms with Gasteiger partial charge in [-0.15, -0.1) is 0 Å². The summed E-state index contributed by atoms with van der Waals surface area (Å²) in [5, 5.41) is 3.38. The Labute approximate surface area is 398 Å². The summed E-state index contributed by atoms with van der Waals surface area (Å²) in [5.41, 5.74) is 8.16. The van der Waals surface area contributed by atoms with Crippen LogP contribution in [-0.2, 0) is 104 Å². The number of hydrogen-bond donors (Lipinski definition) is 0. The van der Waals surface area contributed by atoms with Crippen LogP contribution in [-0.4, -0.2) is 279 Å². The third-order valence-corrected chi connectivity index (χ3v) is 8.21. The van der Waals surface area contributed by atoms with Gasteiger partial charge in [0.1, 0.15) is 0 Å². The van der Waals surface area contributed by atoms with E-state index in [1.54, 1.807) is 0 Å². The molecular formula is C41H83N3O22S. The van der Waals surface area contributed by atoms with Crippen LogP contribution in [0.3, 0.4) is 0 Å². The highest BCUT2D eigenvalue weighted by Gasteiger charge is 2.01. The fourth-order valence-corrected chi connectivity index (χ4v) is 4.83. The van der Waals surface area contributed by atoms with E-state index in [0.29, 0.717) is 251 Å². The van der Waals surface area contributed by atoms with Gasteiger partial charge in [0.25, 0.3) is 10.1 Å². The molecule has 25 nitrogen and oxygen atoms in total. The van der Waals surface area contributed by atoms with Crippen LogP contribution in [0.25, 0.3) is 10.4 Å². The molecule has 0 aliphatic carbocycles. The Bertz CT molecular complexity index is 1110. The first-order valence-corrected chi connectivity index (χ1v) is 24.7. The molecule has 400 valence electrons. The topological polar surface area (TPSA) is 267 Å². The van der Waals surface area contributed by atoms with Crippen LogP contribution < -0.4 is 0 Å². The Morgan fingerprint density at radius 3 is 0.537 bits per heavy atom. The first-order valence-electron chi connectivity index (χ1n) is 22.9. The van der Waals surface area contributed by atoms with Gasteiger partial charge in [0, 0.05) is 11.5 Å². The maximum atomic E-state index is 10.8. The lowest BCUT2D eigenvalue weighted by Crippen LogP contribution is -2.16. The van der Waals surface area contributed by atoms with Gasteiger partial charge in [-0.3, -0.25) is 4.18 Å². The van der Waals surface area contributed by atoms with Crippen molar-refractivity contribution in [2.24, 2.45) is 5.11 Å². The summed E-state index contributed by atoms with van der Waals surface area (Å²) in [6, 6.07) is 0. The van der Waals surface area contributed by atoms with Crippen molar-refractivity contribution in [3.05, 3.63) is 10.4 Å². The maximum absolute atomic E-state index is 10.8. The zero-order chi connectivity index (χ0) is 48.3. The van der Waals surface area contributed by atoms with Crippen LogP contribution in [0.2, 0.25) is 0 Å². The Morgan fingerprint density at radius 1 is 0.269 bits per heavy atom. The summed E-state index contributed by atoms with van der Waals surface area (Å²) in [5.74, 6) is 0. The van der Waals surface area contributed by atoms with Crippen LogP contribution >= 0.6 is 0 Å². The highest BCUT2D eigenvalue weighted by atomic mass is 32.2. The highest BCUT2D eigenvalue weighted by Crippen LogP contribution is 1.91. The molecule has 0 heterocycles. The minimum absolute atomic E-state index is 0.0101. The Morgan fingerprint density at radius 2 is 0.403 bits per heavy atom. The SMILES string of the molecule is CS(=O)(=O)OCCOCCOCCOCCOCCOCCOCCOCCOCCOCCOCCOCCOCCOCCOCCOCCOCCOCCOCCOCCN=[N+]=[N-]. The van der Waals surface area contributed by atoms with Crippen molar-refractivity contribution < 1.29 is 103 Å². The molecule has 67 heavy (non-hydrogen) atoms. The van der Waals surface area contributed by atoms with Gasteiger partial charge in [-0.1, -0.05) is 5.11 Å². The van der Waals surface area contributed by atoms with Crippen molar-refractivity contribution in [1.82, 2.24) is 0 Å². The van der Waals surface area contributed by atoms with E-state index in [2.05, 4.69) is 14.2 Å². The van der Waals surface area contributed by atoms with Gasteiger partial charge < -0.3 is 90.0 Å². The van der Waals surface area contributed by atoms with Crippen molar-refractivity contribution in [3.8, 4) is 0 Å². The minimum Gasteiger partial charge on any atom is -0.379 e. The second-order valence-corrected chi connectivity index (χ2v) is 14.8. The van der Waals surface area contributed by atoms with Gasteiger partial charge in [-0.2, -0.15) is 8.42 Å². The van der Waals surface area contributed by atoms with Crippen LogP contribution in [0.15, 0.2) is 5.11 Å². The molecule has 26 heteroatoms. The lowest BCUT2D eigenvalue weighted by Gasteiger charge is -2.09. The smallest absolute Gasteiger partial charge is 0.264 e. The van der Waals surface area contributed by atoms with Crippen LogP contribution in [0.1, 0.15) is 0 Å². The van der Waals surface area contributed by atoms with E-state index in [1.807, 2.05) is 0 Å². The van der Waals surface area contributed by atoms with E-state index in [1.165, 1.54) is 0 Å². The average molecular weight is 1000 g/mol. The molecule has 0 fully saturated rings. The molecule has 0 aliphatic heterocycles. The molecule has 0 N–H and O–H groups in total. The van der Waals surface area contributed by atoms with Crippen molar-refractivity contribution in [3.63, 3.8) is 0 Å². The molecule has 0 unspecified atom stereocenters. The van der Waals surface area contributed by atoms with Gasteiger partial charge in [0.15, 0.2) is 0 Å². The molecule has 0 radical (unpaired) electrons. The minimum atomic E-state index is -3.43. The third-order valence-electron chi connectivity index (χ3n) is 7.62. The fourth-order valence-electron chi connectivity index (χ4n) is 4.45. The van der Waals surface area contributed by atoms with Gasteiger partial charge in [0.05, 0.1) is 264 Å². The largest absolute Gasteiger partial charge is 0.379 e. The molecular weight excluding hydrogens is 919 g/mol. The van der Waals surface area contributed by atoms with Crippen LogP contribution in [0, 0.1) is 0 Å². The molecule has 0 amide bonds. The van der Waals surface area contributed by atoms with Crippen molar-refractivity contribution in [1.29, 1.82) is 0 Å². The van der Waals surface area contributed by atoms with Crippen molar-refractivity contribution in [2.45, 2.75) is 0 Å². The lowest BCUT2D eigenvalue weighted by atomic mass is 10.6. The molecule has 0 aromatic heterocycles. The molecule has 0 saturated heterocycles. The second-order valence-electron chi connectivity index (χ2n) is 13.1. The zero-order valence-electron chi connectivity index (χ0n) is 40.0. The van der Waals surface area contributed by atoms with Gasteiger partial charge in [-0.05, 0) is 5.53 Å². The molecule has 0 aromatic carbocycles. The summed E-state index contributed by atoms with van der Waals surface area (Å²) < 4.78 is 129. The number of azide groups is 1. The second kappa shape index (κ2) is 58.8. The molecule has 0 saturated carbocycles. The summed E-state index contributed by atoms with van der Waals surface area (Å²) in [6.07, 6.45) is 0.993. The normalized spacial score (nSPS) is 11.8. The fraction of sp³-hybridized carbons (Fsp3) is 1.00. The zero-order valence-corrected chi connectivity index (χ0v) is 40.8. The van der Waals surface area contributed by atoms with Gasteiger partial charge >= 0.3 is 0 Å². The number of hydrogen-bond acceptors (Lipinski definition) is 23. The number of ether oxygens (including phenoxy) is 19. The van der Waals surface area contributed by atoms with E-state index in [-0.39, 0.29) is 13.2 Å². The summed E-state index contributed by atoms with van der Waals surface area (Å²) in [4.78, 5) is 2.65. The quantitative estimate of drug-likeness (QED) is 0.0265. The summed E-state index contributed by atoms with van der Waals surface area (Å²) in [6.45, 7) is 17.7. The predicted molar refractivity (Wildman–Crippen MR) is 240 cm³/mol. The highest BCUT2D eigenvalue weighted by molar-refractivity contribution is 7.85. The molecule has 0 atom stereocenters. The molecule has 0 bridgehead atoms. The molecule has 0 rings (SSSR count). The van der Waals surface area contributed by atoms with Gasteiger partial charge in [-0.25, -0.2) is 0 Å².